The maximum absolute atomic E-state index is 11.1. The second-order valence-corrected chi connectivity index (χ2v) is 8.73. The molecule has 0 unspecified atom stereocenters. The first-order chi connectivity index (χ1) is 12.9. The third-order valence-electron chi connectivity index (χ3n) is 3.50. The number of non-ortho nitro benzene ring substituents is 1. The van der Waals surface area contributed by atoms with Gasteiger partial charge in [-0.05, 0) is 44.3 Å². The molecule has 0 bridgehead atoms. The lowest BCUT2D eigenvalue weighted by Gasteiger charge is -2.13. The SMILES string of the molecule is CC(C)Oc1ccc([N+](=O)[O-])cc1CSc1nn(-c2ccccc2)c(=S)s1. The van der Waals surface area contributed by atoms with Crippen LogP contribution in [0.3, 0.4) is 0 Å². The molecule has 6 nitrogen and oxygen atoms in total. The number of thioether (sulfide) groups is 1. The van der Waals surface area contributed by atoms with Gasteiger partial charge in [-0.2, -0.15) is 0 Å². The van der Waals surface area contributed by atoms with Gasteiger partial charge in [0.2, 0.25) is 0 Å². The number of hydrogen-bond donors (Lipinski definition) is 0. The average Bonchev–Trinajstić information content (AvgIpc) is 3.01. The number of para-hydroxylation sites is 1. The molecule has 2 aromatic carbocycles. The Bertz CT molecular complexity index is 1000. The zero-order valence-electron chi connectivity index (χ0n) is 14.7. The van der Waals surface area contributed by atoms with Crippen LogP contribution in [0, 0.1) is 14.1 Å². The Morgan fingerprint density at radius 3 is 2.70 bits per heavy atom. The van der Waals surface area contributed by atoms with E-state index in [9.17, 15) is 10.1 Å². The molecule has 140 valence electrons. The topological polar surface area (TPSA) is 70.2 Å². The van der Waals surface area contributed by atoms with Crippen molar-refractivity contribution in [1.29, 1.82) is 0 Å². The fraction of sp³-hybridized carbons (Fsp3) is 0.222. The van der Waals surface area contributed by atoms with E-state index in [-0.39, 0.29) is 11.8 Å². The van der Waals surface area contributed by atoms with Crippen molar-refractivity contribution in [2.75, 3.05) is 0 Å². The molecule has 1 aromatic heterocycles. The number of aromatic nitrogens is 2. The molecule has 3 rings (SSSR count). The fourth-order valence-corrected chi connectivity index (χ4v) is 4.69. The Kier molecular flexibility index (Phi) is 6.25. The highest BCUT2D eigenvalue weighted by Gasteiger charge is 2.14. The molecule has 0 N–H and O–H groups in total. The lowest BCUT2D eigenvalue weighted by atomic mass is 10.2. The summed E-state index contributed by atoms with van der Waals surface area (Å²) >= 11 is 8.31. The van der Waals surface area contributed by atoms with Gasteiger partial charge < -0.3 is 4.74 Å². The van der Waals surface area contributed by atoms with Gasteiger partial charge in [0.1, 0.15) is 5.75 Å². The Labute approximate surface area is 170 Å². The predicted molar refractivity (Wildman–Crippen MR) is 111 cm³/mol. The highest BCUT2D eigenvalue weighted by molar-refractivity contribution is 8.00. The van der Waals surface area contributed by atoms with E-state index in [0.29, 0.717) is 15.5 Å². The van der Waals surface area contributed by atoms with E-state index in [1.54, 1.807) is 16.8 Å². The molecule has 0 fully saturated rings. The summed E-state index contributed by atoms with van der Waals surface area (Å²) in [6, 6.07) is 14.4. The van der Waals surface area contributed by atoms with E-state index in [2.05, 4.69) is 5.10 Å². The molecule has 0 aliphatic carbocycles. The second kappa shape index (κ2) is 8.64. The average molecular weight is 420 g/mol. The predicted octanol–water partition coefficient (Wildman–Crippen LogP) is 5.65. The smallest absolute Gasteiger partial charge is 0.270 e. The maximum Gasteiger partial charge on any atom is 0.270 e. The van der Waals surface area contributed by atoms with Crippen molar-refractivity contribution in [3.05, 3.63) is 68.2 Å². The van der Waals surface area contributed by atoms with Crippen LogP contribution in [0.25, 0.3) is 5.69 Å². The molecule has 0 aliphatic rings. The summed E-state index contributed by atoms with van der Waals surface area (Å²) < 4.78 is 8.96. The van der Waals surface area contributed by atoms with E-state index in [1.165, 1.54) is 29.2 Å². The number of ether oxygens (including phenoxy) is 1. The van der Waals surface area contributed by atoms with Gasteiger partial charge in [0.25, 0.3) is 5.69 Å². The number of nitrogens with zero attached hydrogens (tertiary/aromatic N) is 3. The molecule has 0 atom stereocenters. The van der Waals surface area contributed by atoms with Crippen LogP contribution in [-0.4, -0.2) is 20.8 Å². The lowest BCUT2D eigenvalue weighted by molar-refractivity contribution is -0.384. The van der Waals surface area contributed by atoms with Gasteiger partial charge in [-0.3, -0.25) is 10.1 Å². The van der Waals surface area contributed by atoms with Crippen molar-refractivity contribution in [2.45, 2.75) is 30.0 Å². The van der Waals surface area contributed by atoms with Gasteiger partial charge >= 0.3 is 0 Å². The van der Waals surface area contributed by atoms with Crippen LogP contribution >= 0.6 is 35.3 Å². The summed E-state index contributed by atoms with van der Waals surface area (Å²) in [5, 5.41) is 15.7. The molecule has 1 heterocycles. The third-order valence-corrected chi connectivity index (χ3v) is 5.91. The standard InChI is InChI=1S/C18H17N3O3S3/c1-12(2)24-16-9-8-15(21(22)23)10-13(16)11-26-17-19-20(18(25)27-17)14-6-4-3-5-7-14/h3-10,12H,11H2,1-2H3. The largest absolute Gasteiger partial charge is 0.491 e. The molecule has 0 aliphatic heterocycles. The molecule has 0 saturated heterocycles. The fourth-order valence-electron chi connectivity index (χ4n) is 2.35. The first kappa shape index (κ1) is 19.5. The van der Waals surface area contributed by atoms with Crippen LogP contribution in [0.5, 0.6) is 5.75 Å². The molecule has 0 amide bonds. The van der Waals surface area contributed by atoms with Gasteiger partial charge in [0.05, 0.1) is 16.7 Å². The molecule has 3 aromatic rings. The Morgan fingerprint density at radius 1 is 1.30 bits per heavy atom. The van der Waals surface area contributed by atoms with Crippen LogP contribution in [0.2, 0.25) is 0 Å². The highest BCUT2D eigenvalue weighted by atomic mass is 32.2. The minimum atomic E-state index is -0.401. The molecule has 0 saturated carbocycles. The monoisotopic (exact) mass is 419 g/mol. The minimum absolute atomic E-state index is 0.0189. The quantitative estimate of drug-likeness (QED) is 0.213. The van der Waals surface area contributed by atoms with Crippen molar-refractivity contribution in [1.82, 2.24) is 9.78 Å². The third kappa shape index (κ3) is 4.94. The summed E-state index contributed by atoms with van der Waals surface area (Å²) in [6.45, 7) is 3.84. The van der Waals surface area contributed by atoms with Crippen molar-refractivity contribution < 1.29 is 9.66 Å². The van der Waals surface area contributed by atoms with Crippen molar-refractivity contribution in [3.63, 3.8) is 0 Å². The molecule has 0 radical (unpaired) electrons. The zero-order chi connectivity index (χ0) is 19.4. The van der Waals surface area contributed by atoms with Crippen LogP contribution in [-0.2, 0) is 5.75 Å². The first-order valence-corrected chi connectivity index (χ1v) is 10.4. The molecular formula is C18H17N3O3S3. The number of nitro benzene ring substituents is 1. The van der Waals surface area contributed by atoms with Crippen LogP contribution in [0.1, 0.15) is 19.4 Å². The maximum atomic E-state index is 11.1. The van der Waals surface area contributed by atoms with E-state index in [1.807, 2.05) is 44.2 Å². The van der Waals surface area contributed by atoms with Crippen molar-refractivity contribution in [3.8, 4) is 11.4 Å². The molecule has 27 heavy (non-hydrogen) atoms. The Hall–Kier alpha value is -2.23. The van der Waals surface area contributed by atoms with Crippen LogP contribution < -0.4 is 4.74 Å². The van der Waals surface area contributed by atoms with Gasteiger partial charge in [0, 0.05) is 23.4 Å². The van der Waals surface area contributed by atoms with E-state index in [4.69, 9.17) is 17.0 Å². The minimum Gasteiger partial charge on any atom is -0.491 e. The summed E-state index contributed by atoms with van der Waals surface area (Å²) in [7, 11) is 0. The summed E-state index contributed by atoms with van der Waals surface area (Å²) in [4.78, 5) is 10.7. The van der Waals surface area contributed by atoms with E-state index < -0.39 is 4.92 Å². The van der Waals surface area contributed by atoms with E-state index in [0.717, 1.165) is 15.6 Å². The summed E-state index contributed by atoms with van der Waals surface area (Å²) in [6.07, 6.45) is -0.0189. The van der Waals surface area contributed by atoms with Gasteiger partial charge in [-0.25, -0.2) is 4.68 Å². The zero-order valence-corrected chi connectivity index (χ0v) is 17.1. The number of rotatable bonds is 7. The number of benzene rings is 2. The van der Waals surface area contributed by atoms with Crippen molar-refractivity contribution in [2.24, 2.45) is 0 Å². The molecule has 0 spiro atoms. The number of nitro groups is 1. The normalized spacial score (nSPS) is 10.9. The number of hydrogen-bond acceptors (Lipinski definition) is 7. The Balaban J connectivity index is 1.83. The molecule has 9 heteroatoms. The molecular weight excluding hydrogens is 402 g/mol. The van der Waals surface area contributed by atoms with Crippen LogP contribution in [0.4, 0.5) is 5.69 Å². The lowest BCUT2D eigenvalue weighted by Crippen LogP contribution is -2.07. The van der Waals surface area contributed by atoms with E-state index >= 15 is 0 Å². The highest BCUT2D eigenvalue weighted by Crippen LogP contribution is 2.33. The van der Waals surface area contributed by atoms with Gasteiger partial charge in [-0.15, -0.1) is 5.10 Å². The van der Waals surface area contributed by atoms with Crippen LogP contribution in [0.15, 0.2) is 52.9 Å². The summed E-state index contributed by atoms with van der Waals surface area (Å²) in [5.41, 5.74) is 1.71. The van der Waals surface area contributed by atoms with Gasteiger partial charge in [-0.1, -0.05) is 41.3 Å². The first-order valence-electron chi connectivity index (χ1n) is 8.16. The summed E-state index contributed by atoms with van der Waals surface area (Å²) in [5.74, 6) is 1.15. The van der Waals surface area contributed by atoms with Crippen molar-refractivity contribution >= 4 is 41.0 Å². The second-order valence-electron chi connectivity index (χ2n) is 5.89. The Morgan fingerprint density at radius 2 is 2.04 bits per heavy atom. The van der Waals surface area contributed by atoms with Gasteiger partial charge in [0.15, 0.2) is 8.29 Å².